The van der Waals surface area contributed by atoms with Crippen LogP contribution < -0.4 is 10.2 Å². The zero-order chi connectivity index (χ0) is 13.9. The average molecular weight is 294 g/mol. The minimum Gasteiger partial charge on any atom is -0.396 e. The first-order valence-corrected chi connectivity index (χ1v) is 8.22. The highest BCUT2D eigenvalue weighted by molar-refractivity contribution is 7.15. The number of nitrogens with zero attached hydrogens (tertiary/aromatic N) is 3. The van der Waals surface area contributed by atoms with Crippen LogP contribution in [0, 0.1) is 5.92 Å². The van der Waals surface area contributed by atoms with Gasteiger partial charge in [0.05, 0.1) is 5.69 Å². The molecule has 1 fully saturated rings. The highest BCUT2D eigenvalue weighted by atomic mass is 32.1. The lowest BCUT2D eigenvalue weighted by Crippen LogP contribution is -2.23. The molecule has 110 valence electrons. The molecule has 5 nitrogen and oxygen atoms in total. The van der Waals surface area contributed by atoms with Gasteiger partial charge in [0.25, 0.3) is 0 Å². The Hall–Kier alpha value is -1.11. The number of fused-ring (bicyclic) bond motifs is 1. The lowest BCUT2D eigenvalue weighted by atomic mass is 10.1. The van der Waals surface area contributed by atoms with Crippen molar-refractivity contribution in [3.63, 3.8) is 0 Å². The molecule has 0 aliphatic carbocycles. The van der Waals surface area contributed by atoms with E-state index < -0.39 is 0 Å². The van der Waals surface area contributed by atoms with Gasteiger partial charge in [-0.25, -0.2) is 4.98 Å². The van der Waals surface area contributed by atoms with Crippen LogP contribution in [0.2, 0.25) is 0 Å². The second kappa shape index (κ2) is 6.11. The summed E-state index contributed by atoms with van der Waals surface area (Å²) in [4.78, 5) is 8.26. The minimum atomic E-state index is 0.293. The molecule has 2 N–H and O–H groups in total. The predicted molar refractivity (Wildman–Crippen MR) is 82.5 cm³/mol. The Bertz CT molecular complexity index is 565. The van der Waals surface area contributed by atoms with Gasteiger partial charge in [0.2, 0.25) is 0 Å². The molecule has 1 aliphatic heterocycles. The number of anilines is 1. The third-order valence-electron chi connectivity index (χ3n) is 4.01. The smallest absolute Gasteiger partial charge is 0.195 e. The normalized spacial score (nSPS) is 19.3. The van der Waals surface area contributed by atoms with E-state index in [0.29, 0.717) is 12.5 Å². The van der Waals surface area contributed by atoms with Gasteiger partial charge in [-0.15, -0.1) is 11.3 Å². The van der Waals surface area contributed by atoms with E-state index in [1.165, 1.54) is 5.69 Å². The summed E-state index contributed by atoms with van der Waals surface area (Å²) in [6, 6.07) is 0. The highest BCUT2D eigenvalue weighted by Crippen LogP contribution is 2.30. The maximum Gasteiger partial charge on any atom is 0.195 e. The molecule has 1 unspecified atom stereocenters. The van der Waals surface area contributed by atoms with E-state index in [-0.39, 0.29) is 0 Å². The number of rotatable bonds is 6. The lowest BCUT2D eigenvalue weighted by Gasteiger charge is -2.18. The number of aliphatic hydroxyl groups is 1. The Morgan fingerprint density at radius 1 is 1.55 bits per heavy atom. The fourth-order valence-electron chi connectivity index (χ4n) is 2.93. The van der Waals surface area contributed by atoms with E-state index in [2.05, 4.69) is 33.1 Å². The number of imidazole rings is 1. The Morgan fingerprint density at radius 3 is 3.25 bits per heavy atom. The van der Waals surface area contributed by atoms with Crippen molar-refractivity contribution >= 4 is 22.1 Å². The van der Waals surface area contributed by atoms with Crippen LogP contribution >= 0.6 is 11.3 Å². The molecule has 20 heavy (non-hydrogen) atoms. The standard InChI is InChI=1S/C14H22N4OS/c1-2-15-9-12-13(16-14-18(12)6-8-20-14)17-5-3-11(10-17)4-7-19/h6,8,11,15,19H,2-5,7,9-10H2,1H3. The van der Waals surface area contributed by atoms with Gasteiger partial charge in [-0.05, 0) is 25.3 Å². The number of aromatic nitrogens is 2. The van der Waals surface area contributed by atoms with Crippen LogP contribution in [-0.2, 0) is 6.54 Å². The average Bonchev–Trinajstić information content (AvgIpc) is 3.11. The molecule has 3 heterocycles. The van der Waals surface area contributed by atoms with Gasteiger partial charge in [-0.3, -0.25) is 4.40 Å². The van der Waals surface area contributed by atoms with Crippen molar-refractivity contribution in [1.29, 1.82) is 0 Å². The predicted octanol–water partition coefficient (Wildman–Crippen LogP) is 1.71. The van der Waals surface area contributed by atoms with E-state index in [4.69, 9.17) is 10.1 Å². The van der Waals surface area contributed by atoms with Crippen LogP contribution in [0.15, 0.2) is 11.6 Å². The molecule has 3 rings (SSSR count). The van der Waals surface area contributed by atoms with Gasteiger partial charge in [0, 0.05) is 37.8 Å². The van der Waals surface area contributed by atoms with Crippen LogP contribution in [-0.4, -0.2) is 40.7 Å². The second-order valence-electron chi connectivity index (χ2n) is 5.33. The first-order chi connectivity index (χ1) is 9.83. The molecule has 0 radical (unpaired) electrons. The Balaban J connectivity index is 1.84. The van der Waals surface area contributed by atoms with E-state index in [0.717, 1.165) is 49.8 Å². The molecule has 2 aromatic rings. The Labute approximate surface area is 123 Å². The van der Waals surface area contributed by atoms with Crippen LogP contribution in [0.4, 0.5) is 5.82 Å². The molecule has 0 saturated carbocycles. The summed E-state index contributed by atoms with van der Waals surface area (Å²) in [7, 11) is 0. The monoisotopic (exact) mass is 294 g/mol. The van der Waals surface area contributed by atoms with Gasteiger partial charge in [-0.2, -0.15) is 0 Å². The zero-order valence-electron chi connectivity index (χ0n) is 11.9. The van der Waals surface area contributed by atoms with Crippen LogP contribution in [0.3, 0.4) is 0 Å². The zero-order valence-corrected chi connectivity index (χ0v) is 12.7. The van der Waals surface area contributed by atoms with E-state index in [1.807, 2.05) is 0 Å². The minimum absolute atomic E-state index is 0.293. The van der Waals surface area contributed by atoms with Crippen molar-refractivity contribution in [1.82, 2.24) is 14.7 Å². The summed E-state index contributed by atoms with van der Waals surface area (Å²) in [5.74, 6) is 1.73. The van der Waals surface area contributed by atoms with Crippen LogP contribution in [0.1, 0.15) is 25.5 Å². The molecule has 0 aromatic carbocycles. The summed E-state index contributed by atoms with van der Waals surface area (Å²) < 4.78 is 2.20. The van der Waals surface area contributed by atoms with Gasteiger partial charge >= 0.3 is 0 Å². The van der Waals surface area contributed by atoms with E-state index in [9.17, 15) is 0 Å². The summed E-state index contributed by atoms with van der Waals surface area (Å²) in [5.41, 5.74) is 1.26. The topological polar surface area (TPSA) is 52.8 Å². The fourth-order valence-corrected chi connectivity index (χ4v) is 3.65. The fraction of sp³-hybridized carbons (Fsp3) is 0.643. The molecule has 1 atom stereocenters. The third-order valence-corrected chi connectivity index (χ3v) is 4.76. The molecule has 1 aliphatic rings. The maximum absolute atomic E-state index is 9.09. The molecule has 2 aromatic heterocycles. The summed E-state index contributed by atoms with van der Waals surface area (Å²) in [6.45, 7) is 6.30. The van der Waals surface area contributed by atoms with Gasteiger partial charge in [0.15, 0.2) is 10.8 Å². The van der Waals surface area contributed by atoms with E-state index >= 15 is 0 Å². The van der Waals surface area contributed by atoms with Crippen molar-refractivity contribution in [3.8, 4) is 0 Å². The van der Waals surface area contributed by atoms with Crippen molar-refractivity contribution < 1.29 is 5.11 Å². The SMILES string of the molecule is CCNCc1c(N2CCC(CCO)C2)nc2sccn12. The Morgan fingerprint density at radius 2 is 2.45 bits per heavy atom. The summed E-state index contributed by atoms with van der Waals surface area (Å²) >= 11 is 1.68. The molecular weight excluding hydrogens is 272 g/mol. The van der Waals surface area contributed by atoms with Crippen molar-refractivity contribution in [3.05, 3.63) is 17.3 Å². The maximum atomic E-state index is 9.09. The Kier molecular flexibility index (Phi) is 4.24. The molecule has 0 spiro atoms. The van der Waals surface area contributed by atoms with Crippen LogP contribution in [0.25, 0.3) is 4.96 Å². The molecule has 6 heteroatoms. The number of hydrogen-bond donors (Lipinski definition) is 2. The summed E-state index contributed by atoms with van der Waals surface area (Å²) in [6.07, 6.45) is 4.16. The first kappa shape index (κ1) is 13.9. The van der Waals surface area contributed by atoms with Crippen molar-refractivity contribution in [2.24, 2.45) is 5.92 Å². The van der Waals surface area contributed by atoms with Gasteiger partial charge in [0.1, 0.15) is 0 Å². The number of aliphatic hydroxyl groups excluding tert-OH is 1. The lowest BCUT2D eigenvalue weighted by molar-refractivity contribution is 0.263. The number of thiazole rings is 1. The third kappa shape index (κ3) is 2.55. The molecule has 0 bridgehead atoms. The summed E-state index contributed by atoms with van der Waals surface area (Å²) in [5, 5.41) is 14.6. The van der Waals surface area contributed by atoms with Crippen molar-refractivity contribution in [2.75, 3.05) is 31.1 Å². The van der Waals surface area contributed by atoms with Gasteiger partial charge < -0.3 is 15.3 Å². The number of nitrogens with one attached hydrogen (secondary N) is 1. The van der Waals surface area contributed by atoms with Crippen LogP contribution in [0.5, 0.6) is 0 Å². The van der Waals surface area contributed by atoms with Crippen molar-refractivity contribution in [2.45, 2.75) is 26.3 Å². The number of hydrogen-bond acceptors (Lipinski definition) is 5. The molecule has 1 saturated heterocycles. The highest BCUT2D eigenvalue weighted by Gasteiger charge is 2.26. The molecule has 0 amide bonds. The van der Waals surface area contributed by atoms with E-state index in [1.54, 1.807) is 11.3 Å². The largest absolute Gasteiger partial charge is 0.396 e. The molecular formula is C14H22N4OS. The second-order valence-corrected chi connectivity index (χ2v) is 6.20. The quantitative estimate of drug-likeness (QED) is 0.852. The first-order valence-electron chi connectivity index (χ1n) is 7.34. The van der Waals surface area contributed by atoms with Gasteiger partial charge in [-0.1, -0.05) is 6.92 Å².